The van der Waals surface area contributed by atoms with Crippen molar-refractivity contribution in [1.82, 2.24) is 4.90 Å². The zero-order chi connectivity index (χ0) is 21.2. The Labute approximate surface area is 186 Å². The normalized spacial score (nSPS) is 16.4. The van der Waals surface area contributed by atoms with Crippen LogP contribution in [-0.2, 0) is 4.79 Å². The highest BCUT2D eigenvalue weighted by Crippen LogP contribution is 2.39. The van der Waals surface area contributed by atoms with Gasteiger partial charge in [-0.2, -0.15) is 0 Å². The van der Waals surface area contributed by atoms with E-state index < -0.39 is 5.97 Å². The van der Waals surface area contributed by atoms with Crippen LogP contribution in [0.2, 0.25) is 0 Å². The van der Waals surface area contributed by atoms with E-state index in [1.807, 2.05) is 6.07 Å². The van der Waals surface area contributed by atoms with Crippen LogP contribution in [0.1, 0.15) is 30.0 Å². The highest BCUT2D eigenvalue weighted by molar-refractivity contribution is 7.17. The lowest BCUT2D eigenvalue weighted by atomic mass is 9.90. The van der Waals surface area contributed by atoms with E-state index >= 15 is 0 Å². The molecular formula is C27H25NO2S. The highest BCUT2D eigenvalue weighted by Gasteiger charge is 2.31. The first-order chi connectivity index (χ1) is 15.2. The van der Waals surface area contributed by atoms with Crippen LogP contribution in [0.3, 0.4) is 0 Å². The summed E-state index contributed by atoms with van der Waals surface area (Å²) in [6, 6.07) is 28.0. The zero-order valence-electron chi connectivity index (χ0n) is 17.3. The maximum absolute atomic E-state index is 11.5. The van der Waals surface area contributed by atoms with E-state index in [0.717, 1.165) is 13.1 Å². The maximum Gasteiger partial charge on any atom is 0.306 e. The molecule has 1 atom stereocenters. The van der Waals surface area contributed by atoms with Gasteiger partial charge in [0.1, 0.15) is 0 Å². The van der Waals surface area contributed by atoms with E-state index in [4.69, 9.17) is 0 Å². The molecule has 1 N–H and O–H groups in total. The number of likely N-dealkylation sites (tertiary alicyclic amines) is 1. The van der Waals surface area contributed by atoms with Gasteiger partial charge in [-0.15, -0.1) is 11.3 Å². The Morgan fingerprint density at radius 1 is 0.871 bits per heavy atom. The Balaban J connectivity index is 1.52. The molecule has 1 aliphatic rings. The number of fused-ring (bicyclic) bond motifs is 1. The van der Waals surface area contributed by atoms with Crippen molar-refractivity contribution < 1.29 is 9.90 Å². The number of carboxylic acids is 1. The molecule has 2 heterocycles. The molecule has 1 fully saturated rings. The summed E-state index contributed by atoms with van der Waals surface area (Å²) in [7, 11) is 0. The lowest BCUT2D eigenvalue weighted by Crippen LogP contribution is -2.39. The molecule has 0 radical (unpaired) electrons. The number of nitrogens with zero attached hydrogens (tertiary/aromatic N) is 1. The number of hydrogen-bond acceptors (Lipinski definition) is 3. The Bertz CT molecular complexity index is 1170. The molecular weight excluding hydrogens is 402 g/mol. The summed E-state index contributed by atoms with van der Waals surface area (Å²) in [4.78, 5) is 13.9. The van der Waals surface area contributed by atoms with E-state index in [9.17, 15) is 9.90 Å². The second-order valence-electron chi connectivity index (χ2n) is 8.23. The quantitative estimate of drug-likeness (QED) is 0.398. The number of hydrogen-bond donors (Lipinski definition) is 1. The third-order valence-corrected chi connectivity index (χ3v) is 7.36. The molecule has 1 saturated heterocycles. The second kappa shape index (κ2) is 8.66. The van der Waals surface area contributed by atoms with Gasteiger partial charge in [0.2, 0.25) is 0 Å². The van der Waals surface area contributed by atoms with E-state index in [1.54, 1.807) is 11.3 Å². The van der Waals surface area contributed by atoms with Gasteiger partial charge in [-0.25, -0.2) is 0 Å². The van der Waals surface area contributed by atoms with Crippen LogP contribution in [-0.4, -0.2) is 29.1 Å². The van der Waals surface area contributed by atoms with Gasteiger partial charge in [0, 0.05) is 4.70 Å². The van der Waals surface area contributed by atoms with Gasteiger partial charge < -0.3 is 5.11 Å². The average molecular weight is 428 g/mol. The Morgan fingerprint density at radius 2 is 1.52 bits per heavy atom. The minimum Gasteiger partial charge on any atom is -0.481 e. The first-order valence-electron chi connectivity index (χ1n) is 10.8. The van der Waals surface area contributed by atoms with Crippen LogP contribution in [0, 0.1) is 5.92 Å². The van der Waals surface area contributed by atoms with Crippen molar-refractivity contribution in [3.63, 3.8) is 0 Å². The zero-order valence-corrected chi connectivity index (χ0v) is 18.1. The third kappa shape index (κ3) is 4.01. The molecule has 0 bridgehead atoms. The van der Waals surface area contributed by atoms with Gasteiger partial charge in [0.25, 0.3) is 0 Å². The van der Waals surface area contributed by atoms with Crippen LogP contribution in [0.25, 0.3) is 21.2 Å². The summed E-state index contributed by atoms with van der Waals surface area (Å²) in [5, 5.41) is 13.0. The van der Waals surface area contributed by atoms with E-state index in [-0.39, 0.29) is 12.0 Å². The predicted octanol–water partition coefficient (Wildman–Crippen LogP) is 6.45. The van der Waals surface area contributed by atoms with Crippen molar-refractivity contribution in [1.29, 1.82) is 0 Å². The number of carboxylic acid groups (broad SMARTS) is 1. The monoisotopic (exact) mass is 427 g/mol. The fourth-order valence-electron chi connectivity index (χ4n) is 4.69. The molecule has 1 aliphatic heterocycles. The topological polar surface area (TPSA) is 40.5 Å². The fourth-order valence-corrected chi connectivity index (χ4v) is 5.67. The Kier molecular flexibility index (Phi) is 5.58. The lowest BCUT2D eigenvalue weighted by Gasteiger charge is -2.37. The van der Waals surface area contributed by atoms with Gasteiger partial charge in [-0.3, -0.25) is 9.69 Å². The standard InChI is InChI=1S/C27H25NO2S/c29-27(30)22-14-16-28(17-15-22)26(24-18-31-25-9-5-4-8-23(24)25)21-12-10-20(11-13-21)19-6-2-1-3-7-19/h1-13,18,22,26H,14-17H2,(H,29,30). The molecule has 4 heteroatoms. The lowest BCUT2D eigenvalue weighted by molar-refractivity contribution is -0.143. The summed E-state index contributed by atoms with van der Waals surface area (Å²) < 4.78 is 1.30. The van der Waals surface area contributed by atoms with Gasteiger partial charge in [0.15, 0.2) is 0 Å². The highest BCUT2D eigenvalue weighted by atomic mass is 32.1. The molecule has 4 aromatic rings. The van der Waals surface area contributed by atoms with E-state index in [1.165, 1.54) is 32.3 Å². The average Bonchev–Trinajstić information content (AvgIpc) is 3.24. The second-order valence-corrected chi connectivity index (χ2v) is 9.14. The summed E-state index contributed by atoms with van der Waals surface area (Å²) in [6.07, 6.45) is 1.41. The molecule has 3 aromatic carbocycles. The Morgan fingerprint density at radius 3 is 2.23 bits per heavy atom. The molecule has 1 aromatic heterocycles. The van der Waals surface area contributed by atoms with Crippen molar-refractivity contribution >= 4 is 27.4 Å². The van der Waals surface area contributed by atoms with Crippen molar-refractivity contribution in [2.24, 2.45) is 5.92 Å². The molecule has 5 rings (SSSR count). The van der Waals surface area contributed by atoms with Gasteiger partial charge in [-0.1, -0.05) is 72.8 Å². The molecule has 0 amide bonds. The largest absolute Gasteiger partial charge is 0.481 e. The van der Waals surface area contributed by atoms with Crippen LogP contribution >= 0.6 is 11.3 Å². The summed E-state index contributed by atoms with van der Waals surface area (Å²) in [6.45, 7) is 1.60. The van der Waals surface area contributed by atoms with Crippen molar-refractivity contribution in [2.45, 2.75) is 18.9 Å². The number of rotatable bonds is 5. The number of thiophene rings is 1. The minimum absolute atomic E-state index is 0.135. The molecule has 0 spiro atoms. The van der Waals surface area contributed by atoms with E-state index in [2.05, 4.69) is 83.1 Å². The number of carbonyl (C=O) groups is 1. The first kappa shape index (κ1) is 20.0. The van der Waals surface area contributed by atoms with E-state index in [0.29, 0.717) is 12.8 Å². The number of benzene rings is 3. The summed E-state index contributed by atoms with van der Waals surface area (Å²) in [5.41, 5.74) is 5.01. The minimum atomic E-state index is -0.663. The summed E-state index contributed by atoms with van der Waals surface area (Å²) in [5.74, 6) is -0.888. The fraction of sp³-hybridized carbons (Fsp3) is 0.222. The van der Waals surface area contributed by atoms with Gasteiger partial charge >= 0.3 is 5.97 Å². The molecule has 156 valence electrons. The van der Waals surface area contributed by atoms with Gasteiger partial charge in [-0.05, 0) is 65.0 Å². The predicted molar refractivity (Wildman–Crippen MR) is 127 cm³/mol. The first-order valence-corrected chi connectivity index (χ1v) is 11.7. The van der Waals surface area contributed by atoms with Crippen LogP contribution in [0.4, 0.5) is 0 Å². The molecule has 0 saturated carbocycles. The van der Waals surface area contributed by atoms with Crippen molar-refractivity contribution in [3.8, 4) is 11.1 Å². The van der Waals surface area contributed by atoms with Crippen molar-refractivity contribution in [2.75, 3.05) is 13.1 Å². The molecule has 0 aliphatic carbocycles. The van der Waals surface area contributed by atoms with Crippen LogP contribution in [0.5, 0.6) is 0 Å². The van der Waals surface area contributed by atoms with Gasteiger partial charge in [0.05, 0.1) is 12.0 Å². The maximum atomic E-state index is 11.5. The number of aliphatic carboxylic acids is 1. The molecule has 1 unspecified atom stereocenters. The van der Waals surface area contributed by atoms with Crippen LogP contribution in [0.15, 0.2) is 84.2 Å². The summed E-state index contributed by atoms with van der Waals surface area (Å²) >= 11 is 1.79. The Hall–Kier alpha value is -2.95. The third-order valence-electron chi connectivity index (χ3n) is 6.38. The SMILES string of the molecule is O=C(O)C1CCN(C(c2ccc(-c3ccccc3)cc2)c2csc3ccccc23)CC1. The smallest absolute Gasteiger partial charge is 0.306 e. The number of piperidine rings is 1. The van der Waals surface area contributed by atoms with Crippen molar-refractivity contribution in [3.05, 3.63) is 95.4 Å². The molecule has 31 heavy (non-hydrogen) atoms. The van der Waals surface area contributed by atoms with Crippen LogP contribution < -0.4 is 0 Å². The molecule has 3 nitrogen and oxygen atoms in total.